The lowest BCUT2D eigenvalue weighted by molar-refractivity contribution is -0.152. The van der Waals surface area contributed by atoms with Gasteiger partial charge in [0.15, 0.2) is 0 Å². The Morgan fingerprint density at radius 2 is 1.70 bits per heavy atom. The average Bonchev–Trinajstić information content (AvgIpc) is 3.35. The number of carbonyl (C=O) groups is 3. The molecule has 0 aromatic heterocycles. The number of amides is 2. The lowest BCUT2D eigenvalue weighted by Gasteiger charge is -2.31. The first-order chi connectivity index (χ1) is 13.0. The molecule has 2 saturated heterocycles. The Morgan fingerprint density at radius 3 is 2.37 bits per heavy atom. The summed E-state index contributed by atoms with van der Waals surface area (Å²) in [5.41, 5.74) is 1.09. The molecule has 3 rings (SSSR count). The molecule has 2 heterocycles. The number of carbonyl (C=O) groups excluding carboxylic acids is 2. The highest BCUT2D eigenvalue weighted by Gasteiger charge is 2.42. The van der Waals surface area contributed by atoms with Crippen LogP contribution in [0.25, 0.3) is 0 Å². The molecule has 146 valence electrons. The van der Waals surface area contributed by atoms with E-state index >= 15 is 0 Å². The maximum absolute atomic E-state index is 12.9. The van der Waals surface area contributed by atoms with Crippen LogP contribution in [0.2, 0.25) is 0 Å². The third-order valence-electron chi connectivity index (χ3n) is 5.47. The number of aliphatic carboxylic acids is 1. The highest BCUT2D eigenvalue weighted by atomic mass is 16.4. The molecule has 27 heavy (non-hydrogen) atoms. The van der Waals surface area contributed by atoms with Crippen molar-refractivity contribution in [2.75, 3.05) is 13.1 Å². The summed E-state index contributed by atoms with van der Waals surface area (Å²) in [5, 5.41) is 12.6. The van der Waals surface area contributed by atoms with Gasteiger partial charge in [-0.1, -0.05) is 30.3 Å². The fourth-order valence-corrected chi connectivity index (χ4v) is 3.97. The topological polar surface area (TPSA) is 90.0 Å². The largest absolute Gasteiger partial charge is 0.480 e. The van der Waals surface area contributed by atoms with Crippen molar-refractivity contribution in [3.8, 4) is 0 Å². The van der Waals surface area contributed by atoms with Gasteiger partial charge < -0.3 is 20.2 Å². The molecule has 1 aromatic carbocycles. The molecule has 0 saturated carbocycles. The minimum atomic E-state index is -0.963. The number of carboxylic acid groups (broad SMARTS) is 1. The van der Waals surface area contributed by atoms with Crippen LogP contribution in [-0.4, -0.2) is 63.9 Å². The molecule has 2 amide bonds. The van der Waals surface area contributed by atoms with Gasteiger partial charge in [0.1, 0.15) is 12.1 Å². The summed E-state index contributed by atoms with van der Waals surface area (Å²) in [6.07, 6.45) is 2.53. The van der Waals surface area contributed by atoms with Crippen molar-refractivity contribution in [3.05, 3.63) is 35.9 Å². The third-order valence-corrected chi connectivity index (χ3v) is 5.47. The van der Waals surface area contributed by atoms with Crippen LogP contribution in [0, 0.1) is 0 Å². The average molecular weight is 373 g/mol. The Labute approximate surface area is 159 Å². The van der Waals surface area contributed by atoms with Crippen LogP contribution in [0.5, 0.6) is 0 Å². The van der Waals surface area contributed by atoms with Gasteiger partial charge >= 0.3 is 5.97 Å². The molecule has 0 aliphatic carbocycles. The van der Waals surface area contributed by atoms with E-state index in [1.807, 2.05) is 30.3 Å². The smallest absolute Gasteiger partial charge is 0.326 e. The van der Waals surface area contributed by atoms with Crippen LogP contribution in [0.3, 0.4) is 0 Å². The van der Waals surface area contributed by atoms with Crippen LogP contribution in [0.1, 0.15) is 38.2 Å². The molecule has 7 heteroatoms. The van der Waals surface area contributed by atoms with Gasteiger partial charge in [0.05, 0.1) is 6.04 Å². The van der Waals surface area contributed by atoms with E-state index < -0.39 is 24.1 Å². The summed E-state index contributed by atoms with van der Waals surface area (Å²) in [6, 6.07) is 8.12. The van der Waals surface area contributed by atoms with Gasteiger partial charge in [0.25, 0.3) is 0 Å². The predicted molar refractivity (Wildman–Crippen MR) is 99.8 cm³/mol. The first-order valence-corrected chi connectivity index (χ1v) is 9.60. The maximum atomic E-state index is 12.9. The highest BCUT2D eigenvalue weighted by Crippen LogP contribution is 2.25. The number of nitrogens with one attached hydrogen (secondary N) is 1. The molecule has 1 aromatic rings. The molecule has 2 aliphatic rings. The van der Waals surface area contributed by atoms with E-state index in [0.29, 0.717) is 38.9 Å². The fraction of sp³-hybridized carbons (Fsp3) is 0.550. The molecular weight excluding hydrogens is 346 g/mol. The van der Waals surface area contributed by atoms with Crippen LogP contribution >= 0.6 is 0 Å². The van der Waals surface area contributed by atoms with E-state index in [2.05, 4.69) is 5.32 Å². The van der Waals surface area contributed by atoms with Crippen molar-refractivity contribution in [2.45, 2.75) is 57.3 Å². The van der Waals surface area contributed by atoms with Gasteiger partial charge in [-0.3, -0.25) is 9.59 Å². The van der Waals surface area contributed by atoms with E-state index in [1.165, 1.54) is 4.90 Å². The second-order valence-corrected chi connectivity index (χ2v) is 7.31. The van der Waals surface area contributed by atoms with E-state index in [-0.39, 0.29) is 11.8 Å². The van der Waals surface area contributed by atoms with Crippen molar-refractivity contribution in [2.24, 2.45) is 0 Å². The van der Waals surface area contributed by atoms with Gasteiger partial charge in [-0.2, -0.15) is 0 Å². The van der Waals surface area contributed by atoms with Crippen molar-refractivity contribution in [1.82, 2.24) is 15.1 Å². The Kier molecular flexibility index (Phi) is 6.11. The Morgan fingerprint density at radius 1 is 1.07 bits per heavy atom. The van der Waals surface area contributed by atoms with E-state index in [1.54, 1.807) is 11.8 Å². The zero-order valence-electron chi connectivity index (χ0n) is 15.6. The molecule has 0 spiro atoms. The lowest BCUT2D eigenvalue weighted by atomic mass is 10.1. The normalized spacial score (nSPS) is 23.4. The summed E-state index contributed by atoms with van der Waals surface area (Å²) in [6.45, 7) is 3.38. The van der Waals surface area contributed by atoms with E-state index in [0.717, 1.165) is 12.0 Å². The summed E-state index contributed by atoms with van der Waals surface area (Å²) in [4.78, 5) is 40.3. The number of hydrogen-bond donors (Lipinski definition) is 2. The van der Waals surface area contributed by atoms with Crippen LogP contribution in [0.4, 0.5) is 0 Å². The van der Waals surface area contributed by atoms with Crippen LogP contribution in [-0.2, 0) is 20.9 Å². The Balaban J connectivity index is 1.61. The van der Waals surface area contributed by atoms with Crippen LogP contribution in [0.15, 0.2) is 30.3 Å². The number of carboxylic acids is 1. The quantitative estimate of drug-likeness (QED) is 0.783. The van der Waals surface area contributed by atoms with Crippen LogP contribution < -0.4 is 5.32 Å². The second kappa shape index (κ2) is 8.52. The Bertz CT molecular complexity index is 694. The van der Waals surface area contributed by atoms with Gasteiger partial charge in [0, 0.05) is 19.6 Å². The first kappa shape index (κ1) is 19.4. The van der Waals surface area contributed by atoms with Gasteiger partial charge in [-0.25, -0.2) is 4.79 Å². The molecule has 7 nitrogen and oxygen atoms in total. The summed E-state index contributed by atoms with van der Waals surface area (Å²) in [5.74, 6) is -1.29. The molecule has 2 aliphatic heterocycles. The lowest BCUT2D eigenvalue weighted by Crippen LogP contribution is -2.54. The van der Waals surface area contributed by atoms with Gasteiger partial charge in [-0.15, -0.1) is 0 Å². The molecule has 0 radical (unpaired) electrons. The van der Waals surface area contributed by atoms with E-state index in [4.69, 9.17) is 0 Å². The molecule has 0 unspecified atom stereocenters. The number of rotatable bonds is 6. The SMILES string of the molecule is C[C@H](NCc1ccccc1)C(=O)N1CCC[C@H]1C(=O)N1CCC[C@H]1C(=O)O. The summed E-state index contributed by atoms with van der Waals surface area (Å²) >= 11 is 0. The molecule has 2 N–H and O–H groups in total. The monoisotopic (exact) mass is 373 g/mol. The molecule has 0 bridgehead atoms. The third kappa shape index (κ3) is 4.30. The first-order valence-electron chi connectivity index (χ1n) is 9.60. The van der Waals surface area contributed by atoms with Gasteiger partial charge in [-0.05, 0) is 38.2 Å². The van der Waals surface area contributed by atoms with Crippen molar-refractivity contribution in [1.29, 1.82) is 0 Å². The zero-order valence-corrected chi connectivity index (χ0v) is 15.6. The molecule has 2 fully saturated rings. The maximum Gasteiger partial charge on any atom is 0.326 e. The van der Waals surface area contributed by atoms with Gasteiger partial charge in [0.2, 0.25) is 11.8 Å². The van der Waals surface area contributed by atoms with Crippen molar-refractivity contribution in [3.63, 3.8) is 0 Å². The summed E-state index contributed by atoms with van der Waals surface area (Å²) in [7, 11) is 0. The molecular formula is C20H27N3O4. The van der Waals surface area contributed by atoms with E-state index in [9.17, 15) is 19.5 Å². The predicted octanol–water partition coefficient (Wildman–Crippen LogP) is 1.23. The summed E-state index contributed by atoms with van der Waals surface area (Å²) < 4.78 is 0. The number of benzene rings is 1. The minimum Gasteiger partial charge on any atom is -0.480 e. The minimum absolute atomic E-state index is 0.104. The van der Waals surface area contributed by atoms with Crippen molar-refractivity contribution >= 4 is 17.8 Å². The second-order valence-electron chi connectivity index (χ2n) is 7.31. The Hall–Kier alpha value is -2.41. The van der Waals surface area contributed by atoms with Crippen molar-refractivity contribution < 1.29 is 19.5 Å². The standard InChI is InChI=1S/C20H27N3O4/c1-14(21-13-15-7-3-2-4-8-15)18(24)22-11-5-9-16(22)19(25)23-12-6-10-17(23)20(26)27/h2-4,7-8,14,16-17,21H,5-6,9-13H2,1H3,(H,26,27)/t14-,16-,17-/m0/s1. The zero-order chi connectivity index (χ0) is 19.4. The number of likely N-dealkylation sites (tertiary alicyclic amines) is 2. The highest BCUT2D eigenvalue weighted by molar-refractivity contribution is 5.92. The number of nitrogens with zero attached hydrogens (tertiary/aromatic N) is 2. The number of hydrogen-bond acceptors (Lipinski definition) is 4. The molecule has 3 atom stereocenters. The fourth-order valence-electron chi connectivity index (χ4n) is 3.97.